The predicted molar refractivity (Wildman–Crippen MR) is 95.9 cm³/mol. The molecule has 2 nitrogen and oxygen atoms in total. The SMILES string of the molecule is CC(C)=CCC/C(C)=C/CO[Si](C)(C)OCCCC(C)C. The van der Waals surface area contributed by atoms with Crippen LogP contribution in [0.4, 0.5) is 0 Å². The molecule has 124 valence electrons. The van der Waals surface area contributed by atoms with E-state index >= 15 is 0 Å². The molecule has 0 saturated heterocycles. The Labute approximate surface area is 133 Å². The van der Waals surface area contributed by atoms with Crippen LogP contribution in [0.2, 0.25) is 13.1 Å². The van der Waals surface area contributed by atoms with E-state index in [9.17, 15) is 0 Å². The molecule has 0 bridgehead atoms. The molecule has 3 heteroatoms. The van der Waals surface area contributed by atoms with Gasteiger partial charge in [-0.15, -0.1) is 0 Å². The third-order valence-electron chi connectivity index (χ3n) is 3.33. The average Bonchev–Trinajstić information content (AvgIpc) is 2.34. The normalized spacial score (nSPS) is 12.9. The van der Waals surface area contributed by atoms with Crippen LogP contribution in [0.5, 0.6) is 0 Å². The van der Waals surface area contributed by atoms with Crippen LogP contribution in [-0.2, 0) is 8.85 Å². The van der Waals surface area contributed by atoms with Gasteiger partial charge in [0.05, 0.1) is 6.61 Å². The summed E-state index contributed by atoms with van der Waals surface area (Å²) in [5, 5.41) is 0. The van der Waals surface area contributed by atoms with Gasteiger partial charge in [-0.1, -0.05) is 37.1 Å². The second kappa shape index (κ2) is 11.2. The summed E-state index contributed by atoms with van der Waals surface area (Å²) >= 11 is 0. The zero-order valence-corrected chi connectivity index (χ0v) is 16.3. The van der Waals surface area contributed by atoms with Crippen molar-refractivity contribution >= 4 is 8.56 Å². The van der Waals surface area contributed by atoms with E-state index in [1.165, 1.54) is 17.6 Å². The van der Waals surface area contributed by atoms with E-state index in [2.05, 4.69) is 59.9 Å². The summed E-state index contributed by atoms with van der Waals surface area (Å²) in [5.41, 5.74) is 2.79. The molecule has 0 radical (unpaired) electrons. The molecule has 0 amide bonds. The number of allylic oxidation sites excluding steroid dienone is 3. The van der Waals surface area contributed by atoms with Gasteiger partial charge in [0.15, 0.2) is 0 Å². The first-order chi connectivity index (χ1) is 9.73. The fourth-order valence-electron chi connectivity index (χ4n) is 1.93. The third-order valence-corrected chi connectivity index (χ3v) is 5.09. The summed E-state index contributed by atoms with van der Waals surface area (Å²) in [6, 6.07) is 0. The van der Waals surface area contributed by atoms with Gasteiger partial charge in [0.1, 0.15) is 0 Å². The van der Waals surface area contributed by atoms with E-state index in [1.807, 2.05) is 0 Å². The van der Waals surface area contributed by atoms with Gasteiger partial charge in [-0.2, -0.15) is 0 Å². The number of rotatable bonds is 11. The highest BCUT2D eigenvalue weighted by molar-refractivity contribution is 6.64. The van der Waals surface area contributed by atoms with Crippen molar-refractivity contribution in [2.75, 3.05) is 13.2 Å². The van der Waals surface area contributed by atoms with Crippen LogP contribution >= 0.6 is 0 Å². The second-order valence-corrected chi connectivity index (χ2v) is 10.3. The Morgan fingerprint density at radius 1 is 1.05 bits per heavy atom. The highest BCUT2D eigenvalue weighted by atomic mass is 28.4. The lowest BCUT2D eigenvalue weighted by Crippen LogP contribution is -2.35. The quantitative estimate of drug-likeness (QED) is 0.271. The first kappa shape index (κ1) is 20.6. The molecule has 0 unspecified atom stereocenters. The molecule has 0 heterocycles. The Morgan fingerprint density at radius 3 is 2.29 bits per heavy atom. The van der Waals surface area contributed by atoms with Gasteiger partial charge in [0.25, 0.3) is 0 Å². The van der Waals surface area contributed by atoms with Crippen LogP contribution in [0, 0.1) is 5.92 Å². The Kier molecular flexibility index (Phi) is 11.0. The van der Waals surface area contributed by atoms with Gasteiger partial charge < -0.3 is 8.85 Å². The van der Waals surface area contributed by atoms with Crippen molar-refractivity contribution in [2.45, 2.75) is 73.4 Å². The van der Waals surface area contributed by atoms with Crippen LogP contribution < -0.4 is 0 Å². The van der Waals surface area contributed by atoms with Crippen molar-refractivity contribution in [3.8, 4) is 0 Å². The maximum Gasteiger partial charge on any atom is 0.331 e. The molecule has 0 rings (SSSR count). The monoisotopic (exact) mass is 312 g/mol. The molecule has 21 heavy (non-hydrogen) atoms. The van der Waals surface area contributed by atoms with Crippen molar-refractivity contribution in [3.63, 3.8) is 0 Å². The molecular formula is C18H36O2Si. The van der Waals surface area contributed by atoms with E-state index in [0.29, 0.717) is 6.61 Å². The predicted octanol–water partition coefficient (Wildman–Crippen LogP) is 5.85. The molecule has 0 saturated carbocycles. The molecule has 0 N–H and O–H groups in total. The number of hydrogen-bond acceptors (Lipinski definition) is 2. The average molecular weight is 313 g/mol. The van der Waals surface area contributed by atoms with Crippen molar-refractivity contribution < 1.29 is 8.85 Å². The van der Waals surface area contributed by atoms with E-state index < -0.39 is 8.56 Å². The van der Waals surface area contributed by atoms with E-state index in [-0.39, 0.29) is 0 Å². The fourth-order valence-corrected chi connectivity index (χ4v) is 3.13. The van der Waals surface area contributed by atoms with Crippen LogP contribution in [0.3, 0.4) is 0 Å². The maximum atomic E-state index is 5.96. The summed E-state index contributed by atoms with van der Waals surface area (Å²) in [5.74, 6) is 0.755. The number of hydrogen-bond donors (Lipinski definition) is 0. The van der Waals surface area contributed by atoms with Gasteiger partial charge in [-0.05, 0) is 65.5 Å². The van der Waals surface area contributed by atoms with Crippen LogP contribution in [0.25, 0.3) is 0 Å². The van der Waals surface area contributed by atoms with Crippen molar-refractivity contribution in [3.05, 3.63) is 23.3 Å². The molecule has 0 atom stereocenters. The Bertz CT molecular complexity index is 326. The van der Waals surface area contributed by atoms with Gasteiger partial charge >= 0.3 is 8.56 Å². The summed E-state index contributed by atoms with van der Waals surface area (Å²) in [6.45, 7) is 16.8. The van der Waals surface area contributed by atoms with Gasteiger partial charge in [0.2, 0.25) is 0 Å². The molecular weight excluding hydrogens is 276 g/mol. The molecule has 0 aromatic rings. The summed E-state index contributed by atoms with van der Waals surface area (Å²) in [7, 11) is -1.95. The molecule has 0 aromatic heterocycles. The lowest BCUT2D eigenvalue weighted by Gasteiger charge is -2.22. The van der Waals surface area contributed by atoms with Gasteiger partial charge in [-0.25, -0.2) is 0 Å². The largest absolute Gasteiger partial charge is 0.395 e. The topological polar surface area (TPSA) is 18.5 Å². The van der Waals surface area contributed by atoms with Gasteiger partial charge in [0, 0.05) is 6.61 Å². The lowest BCUT2D eigenvalue weighted by atomic mass is 10.1. The third kappa shape index (κ3) is 14.3. The minimum absolute atomic E-state index is 0.685. The minimum atomic E-state index is -1.95. The summed E-state index contributed by atoms with van der Waals surface area (Å²) in [6.07, 6.45) is 9.09. The van der Waals surface area contributed by atoms with E-state index in [4.69, 9.17) is 8.85 Å². The molecule has 0 aliphatic heterocycles. The van der Waals surface area contributed by atoms with E-state index in [0.717, 1.165) is 31.8 Å². The highest BCUT2D eigenvalue weighted by Gasteiger charge is 2.23. The fraction of sp³-hybridized carbons (Fsp3) is 0.778. The zero-order chi connectivity index (χ0) is 16.3. The second-order valence-electron chi connectivity index (χ2n) is 6.97. The van der Waals surface area contributed by atoms with Gasteiger partial charge in [-0.3, -0.25) is 0 Å². The van der Waals surface area contributed by atoms with E-state index in [1.54, 1.807) is 0 Å². The minimum Gasteiger partial charge on any atom is -0.395 e. The zero-order valence-electron chi connectivity index (χ0n) is 15.3. The summed E-state index contributed by atoms with van der Waals surface area (Å²) < 4.78 is 11.9. The van der Waals surface area contributed by atoms with Crippen LogP contribution in [0.15, 0.2) is 23.3 Å². The van der Waals surface area contributed by atoms with Crippen molar-refractivity contribution in [1.29, 1.82) is 0 Å². The molecule has 0 aliphatic rings. The molecule has 0 aliphatic carbocycles. The Morgan fingerprint density at radius 2 is 1.71 bits per heavy atom. The maximum absolute atomic E-state index is 5.96. The van der Waals surface area contributed by atoms with Crippen LogP contribution in [0.1, 0.15) is 60.3 Å². The Balaban J connectivity index is 3.88. The lowest BCUT2D eigenvalue weighted by molar-refractivity contribution is 0.188. The van der Waals surface area contributed by atoms with Crippen LogP contribution in [-0.4, -0.2) is 21.8 Å². The Hall–Kier alpha value is -0.383. The standard InChI is InChI=1S/C18H36O2Si/c1-16(2)10-8-12-18(5)13-15-20-21(6,7)19-14-9-11-17(3)4/h10,13,17H,8-9,11-12,14-15H2,1-7H3/b18-13+. The first-order valence-corrected chi connectivity index (χ1v) is 11.1. The molecule has 0 spiro atoms. The smallest absolute Gasteiger partial charge is 0.331 e. The summed E-state index contributed by atoms with van der Waals surface area (Å²) in [4.78, 5) is 0. The highest BCUT2D eigenvalue weighted by Crippen LogP contribution is 2.11. The van der Waals surface area contributed by atoms with Crippen molar-refractivity contribution in [1.82, 2.24) is 0 Å². The van der Waals surface area contributed by atoms with Crippen molar-refractivity contribution in [2.24, 2.45) is 5.92 Å². The molecule has 0 fully saturated rings. The first-order valence-electron chi connectivity index (χ1n) is 8.30. The molecule has 0 aromatic carbocycles.